The van der Waals surface area contributed by atoms with Crippen LogP contribution in [0.5, 0.6) is 0 Å². The summed E-state index contributed by atoms with van der Waals surface area (Å²) in [5.41, 5.74) is 0.111. The van der Waals surface area contributed by atoms with Gasteiger partial charge in [-0.25, -0.2) is 4.39 Å². The van der Waals surface area contributed by atoms with Gasteiger partial charge in [-0.3, -0.25) is 4.79 Å². The van der Waals surface area contributed by atoms with Crippen LogP contribution in [0.15, 0.2) is 18.2 Å². The molecular formula is C13H16FNO2. The van der Waals surface area contributed by atoms with Crippen molar-refractivity contribution in [1.29, 1.82) is 0 Å². The number of aliphatic hydroxyl groups is 1. The molecule has 0 bridgehead atoms. The van der Waals surface area contributed by atoms with Gasteiger partial charge < -0.3 is 10.0 Å². The van der Waals surface area contributed by atoms with Gasteiger partial charge in [-0.2, -0.15) is 0 Å². The van der Waals surface area contributed by atoms with Crippen LogP contribution < -0.4 is 0 Å². The number of likely N-dealkylation sites (tertiary alicyclic amines) is 1. The molecule has 1 heterocycles. The zero-order chi connectivity index (χ0) is 12.6. The lowest BCUT2D eigenvalue weighted by molar-refractivity contribution is -0.0826. The number of nitrogens with zero attached hydrogens (tertiary/aromatic N) is 1. The highest BCUT2D eigenvalue weighted by atomic mass is 19.1. The first-order valence-corrected chi connectivity index (χ1v) is 5.73. The minimum absolute atomic E-state index is 0.220. The van der Waals surface area contributed by atoms with Crippen LogP contribution in [0.3, 0.4) is 0 Å². The zero-order valence-corrected chi connectivity index (χ0v) is 10.0. The Labute approximate surface area is 99.9 Å². The van der Waals surface area contributed by atoms with E-state index in [1.807, 2.05) is 6.92 Å². The van der Waals surface area contributed by atoms with Gasteiger partial charge in [0.05, 0.1) is 18.7 Å². The standard InChI is InChI=1S/C13H16FNO2/c1-3-13(17)7-15(8-13)12(16)10-5-4-9(2)11(14)6-10/h4-6,17H,3,7-8H2,1-2H3. The normalized spacial score (nSPS) is 17.8. The van der Waals surface area contributed by atoms with E-state index in [1.54, 1.807) is 19.1 Å². The van der Waals surface area contributed by atoms with Crippen molar-refractivity contribution >= 4 is 5.91 Å². The van der Waals surface area contributed by atoms with Crippen LogP contribution >= 0.6 is 0 Å². The van der Waals surface area contributed by atoms with Crippen LogP contribution in [-0.4, -0.2) is 34.6 Å². The van der Waals surface area contributed by atoms with Gasteiger partial charge in [0.1, 0.15) is 5.82 Å². The second-order valence-corrected chi connectivity index (χ2v) is 4.70. The van der Waals surface area contributed by atoms with Gasteiger partial charge in [0, 0.05) is 5.56 Å². The fourth-order valence-electron chi connectivity index (χ4n) is 1.94. The molecule has 3 nitrogen and oxygen atoms in total. The molecule has 1 aliphatic rings. The molecule has 4 heteroatoms. The number of β-amino-alcohol motifs (C(OH)–C–C–N with tert-alkyl or cyclic N) is 1. The second kappa shape index (κ2) is 4.11. The Morgan fingerprint density at radius 3 is 2.71 bits per heavy atom. The van der Waals surface area contributed by atoms with Gasteiger partial charge in [0.2, 0.25) is 0 Å². The number of hydrogen-bond acceptors (Lipinski definition) is 2. The third-order valence-corrected chi connectivity index (χ3v) is 3.33. The molecule has 1 saturated heterocycles. The molecule has 2 rings (SSSR count). The average Bonchev–Trinajstić information content (AvgIpc) is 2.27. The molecule has 0 aliphatic carbocycles. The van der Waals surface area contributed by atoms with Crippen LogP contribution in [0.1, 0.15) is 29.3 Å². The molecule has 1 N–H and O–H groups in total. The summed E-state index contributed by atoms with van der Waals surface area (Å²) in [5, 5.41) is 9.82. The molecule has 17 heavy (non-hydrogen) atoms. The molecule has 0 radical (unpaired) electrons. The number of carbonyl (C=O) groups excluding carboxylic acids is 1. The van der Waals surface area contributed by atoms with Crippen LogP contribution in [0.25, 0.3) is 0 Å². The van der Waals surface area contributed by atoms with Crippen LogP contribution in [0, 0.1) is 12.7 Å². The largest absolute Gasteiger partial charge is 0.386 e. The maximum absolute atomic E-state index is 13.3. The Morgan fingerprint density at radius 1 is 1.53 bits per heavy atom. The van der Waals surface area contributed by atoms with E-state index in [4.69, 9.17) is 0 Å². The quantitative estimate of drug-likeness (QED) is 0.851. The highest BCUT2D eigenvalue weighted by molar-refractivity contribution is 5.95. The number of carbonyl (C=O) groups is 1. The lowest BCUT2D eigenvalue weighted by Crippen LogP contribution is -2.63. The van der Waals surface area contributed by atoms with Crippen LogP contribution in [-0.2, 0) is 0 Å². The molecule has 1 aromatic carbocycles. The minimum atomic E-state index is -0.751. The Balaban J connectivity index is 2.09. The van der Waals surface area contributed by atoms with E-state index in [9.17, 15) is 14.3 Å². The Morgan fingerprint density at radius 2 is 2.18 bits per heavy atom. The third-order valence-electron chi connectivity index (χ3n) is 3.33. The first-order chi connectivity index (χ1) is 7.95. The van der Waals surface area contributed by atoms with Gasteiger partial charge in [0.15, 0.2) is 0 Å². The number of rotatable bonds is 2. The number of benzene rings is 1. The number of amides is 1. The van der Waals surface area contributed by atoms with Crippen molar-refractivity contribution in [2.24, 2.45) is 0 Å². The predicted molar refractivity (Wildman–Crippen MR) is 62.3 cm³/mol. The van der Waals surface area contributed by atoms with E-state index in [-0.39, 0.29) is 11.7 Å². The van der Waals surface area contributed by atoms with Crippen molar-refractivity contribution < 1.29 is 14.3 Å². The number of halogens is 1. The lowest BCUT2D eigenvalue weighted by atomic mass is 9.90. The molecule has 0 aromatic heterocycles. The summed E-state index contributed by atoms with van der Waals surface area (Å²) in [6, 6.07) is 4.46. The smallest absolute Gasteiger partial charge is 0.254 e. The summed E-state index contributed by atoms with van der Waals surface area (Å²) >= 11 is 0. The number of aryl methyl sites for hydroxylation is 1. The topological polar surface area (TPSA) is 40.5 Å². The van der Waals surface area contributed by atoms with E-state index in [0.29, 0.717) is 30.6 Å². The molecule has 0 spiro atoms. The monoisotopic (exact) mass is 237 g/mol. The maximum atomic E-state index is 13.3. The first-order valence-electron chi connectivity index (χ1n) is 5.73. The Kier molecular flexibility index (Phi) is 2.91. The van der Waals surface area contributed by atoms with Crippen LogP contribution in [0.2, 0.25) is 0 Å². The molecule has 92 valence electrons. The van der Waals surface area contributed by atoms with E-state index in [1.165, 1.54) is 11.0 Å². The van der Waals surface area contributed by atoms with E-state index < -0.39 is 5.60 Å². The molecule has 1 aliphatic heterocycles. The van der Waals surface area contributed by atoms with E-state index >= 15 is 0 Å². The summed E-state index contributed by atoms with van der Waals surface area (Å²) in [4.78, 5) is 13.5. The molecule has 0 saturated carbocycles. The lowest BCUT2D eigenvalue weighted by Gasteiger charge is -2.46. The summed E-state index contributed by atoms with van der Waals surface area (Å²) in [6.45, 7) is 4.20. The van der Waals surface area contributed by atoms with Crippen molar-refractivity contribution in [1.82, 2.24) is 4.90 Å². The van der Waals surface area contributed by atoms with E-state index in [2.05, 4.69) is 0 Å². The highest BCUT2D eigenvalue weighted by Crippen LogP contribution is 2.26. The summed E-state index contributed by atoms with van der Waals surface area (Å²) < 4.78 is 13.3. The van der Waals surface area contributed by atoms with Crippen LogP contribution in [0.4, 0.5) is 4.39 Å². The number of hydrogen-bond donors (Lipinski definition) is 1. The Bertz CT molecular complexity index is 453. The second-order valence-electron chi connectivity index (χ2n) is 4.70. The first kappa shape index (κ1) is 12.0. The highest BCUT2D eigenvalue weighted by Gasteiger charge is 2.42. The average molecular weight is 237 g/mol. The van der Waals surface area contributed by atoms with E-state index in [0.717, 1.165) is 0 Å². The summed E-state index contributed by atoms with van der Waals surface area (Å²) in [6.07, 6.45) is 0.624. The van der Waals surface area contributed by atoms with Crippen molar-refractivity contribution in [2.75, 3.05) is 13.1 Å². The summed E-state index contributed by atoms with van der Waals surface area (Å²) in [7, 11) is 0. The fraction of sp³-hybridized carbons (Fsp3) is 0.462. The maximum Gasteiger partial charge on any atom is 0.254 e. The fourth-order valence-corrected chi connectivity index (χ4v) is 1.94. The molecule has 1 aromatic rings. The minimum Gasteiger partial charge on any atom is -0.386 e. The molecule has 1 amide bonds. The van der Waals surface area contributed by atoms with Gasteiger partial charge in [-0.05, 0) is 31.0 Å². The van der Waals surface area contributed by atoms with Gasteiger partial charge in [0.25, 0.3) is 5.91 Å². The molecule has 0 unspecified atom stereocenters. The molecule has 0 atom stereocenters. The van der Waals surface area contributed by atoms with Crippen molar-refractivity contribution in [3.63, 3.8) is 0 Å². The SMILES string of the molecule is CCC1(O)CN(C(=O)c2ccc(C)c(F)c2)C1. The van der Waals surface area contributed by atoms with Crippen molar-refractivity contribution in [3.05, 3.63) is 35.1 Å². The molecule has 1 fully saturated rings. The summed E-state index contributed by atoms with van der Waals surface area (Å²) in [5.74, 6) is -0.593. The zero-order valence-electron chi connectivity index (χ0n) is 10.0. The van der Waals surface area contributed by atoms with Crippen molar-refractivity contribution in [3.8, 4) is 0 Å². The Hall–Kier alpha value is -1.42. The van der Waals surface area contributed by atoms with Crippen molar-refractivity contribution in [2.45, 2.75) is 25.9 Å². The molecular weight excluding hydrogens is 221 g/mol. The predicted octanol–water partition coefficient (Wildman–Crippen LogP) is 1.73. The third kappa shape index (κ3) is 2.17. The van der Waals surface area contributed by atoms with Gasteiger partial charge in [-0.15, -0.1) is 0 Å². The van der Waals surface area contributed by atoms with Gasteiger partial charge >= 0.3 is 0 Å². The van der Waals surface area contributed by atoms with Gasteiger partial charge in [-0.1, -0.05) is 13.0 Å².